The van der Waals surface area contributed by atoms with Gasteiger partial charge in [-0.15, -0.1) is 11.8 Å². The van der Waals surface area contributed by atoms with Gasteiger partial charge < -0.3 is 14.8 Å². The Morgan fingerprint density at radius 2 is 2.04 bits per heavy atom. The van der Waals surface area contributed by atoms with Crippen LogP contribution >= 0.6 is 11.8 Å². The molecule has 28 heavy (non-hydrogen) atoms. The van der Waals surface area contributed by atoms with Gasteiger partial charge in [0, 0.05) is 31.2 Å². The zero-order chi connectivity index (χ0) is 19.5. The molecule has 150 valence electrons. The average Bonchev–Trinajstić information content (AvgIpc) is 3.46. The van der Waals surface area contributed by atoms with Crippen LogP contribution in [0, 0.1) is 5.92 Å². The van der Waals surface area contributed by atoms with Gasteiger partial charge in [0.1, 0.15) is 11.9 Å². The molecule has 1 unspecified atom stereocenters. The van der Waals surface area contributed by atoms with E-state index < -0.39 is 0 Å². The predicted molar refractivity (Wildman–Crippen MR) is 112 cm³/mol. The normalized spacial score (nSPS) is 20.2. The molecule has 1 aliphatic carbocycles. The van der Waals surface area contributed by atoms with Crippen molar-refractivity contribution in [1.82, 2.24) is 19.8 Å². The number of aryl methyl sites for hydroxylation is 1. The van der Waals surface area contributed by atoms with E-state index in [0.29, 0.717) is 24.6 Å². The fraction of sp³-hybridized carbons (Fsp3) is 0.571. The molecule has 2 amide bonds. The molecular weight excluding hydrogens is 372 g/mol. The fourth-order valence-electron chi connectivity index (χ4n) is 4.37. The number of thioether (sulfide) groups is 1. The van der Waals surface area contributed by atoms with Crippen LogP contribution in [0.1, 0.15) is 38.4 Å². The topological polar surface area (TPSA) is 67.2 Å². The van der Waals surface area contributed by atoms with Crippen LogP contribution in [0.3, 0.4) is 0 Å². The highest BCUT2D eigenvalue weighted by atomic mass is 32.2. The van der Waals surface area contributed by atoms with Gasteiger partial charge in [0.25, 0.3) is 0 Å². The van der Waals surface area contributed by atoms with Crippen LogP contribution in [0.2, 0.25) is 0 Å². The van der Waals surface area contributed by atoms with Crippen LogP contribution in [0.4, 0.5) is 0 Å². The number of nitrogens with one attached hydrogen (secondary N) is 1. The fourth-order valence-corrected chi connectivity index (χ4v) is 5.53. The van der Waals surface area contributed by atoms with Gasteiger partial charge in [0.05, 0.1) is 16.9 Å². The lowest BCUT2D eigenvalue weighted by Gasteiger charge is -2.25. The lowest BCUT2D eigenvalue weighted by atomic mass is 10.1. The van der Waals surface area contributed by atoms with Crippen molar-refractivity contribution in [2.75, 3.05) is 18.2 Å². The molecule has 2 aliphatic rings. The summed E-state index contributed by atoms with van der Waals surface area (Å²) in [6, 6.07) is 7.79. The minimum absolute atomic E-state index is 0.0319. The maximum absolute atomic E-state index is 12.8. The van der Waals surface area contributed by atoms with Crippen LogP contribution in [-0.2, 0) is 22.6 Å². The van der Waals surface area contributed by atoms with E-state index >= 15 is 0 Å². The first-order chi connectivity index (χ1) is 13.7. The van der Waals surface area contributed by atoms with Crippen molar-refractivity contribution in [1.29, 1.82) is 0 Å². The van der Waals surface area contributed by atoms with Crippen molar-refractivity contribution < 1.29 is 9.59 Å². The van der Waals surface area contributed by atoms with E-state index in [0.717, 1.165) is 49.1 Å². The van der Waals surface area contributed by atoms with Crippen molar-refractivity contribution in [3.05, 3.63) is 30.1 Å². The van der Waals surface area contributed by atoms with E-state index in [-0.39, 0.29) is 23.8 Å². The van der Waals surface area contributed by atoms with Crippen LogP contribution < -0.4 is 5.32 Å². The number of rotatable bonds is 6. The first kappa shape index (κ1) is 19.3. The Balaban J connectivity index is 1.36. The molecule has 4 rings (SSSR count). The smallest absolute Gasteiger partial charge is 0.243 e. The highest BCUT2D eigenvalue weighted by molar-refractivity contribution is 7.99. The van der Waals surface area contributed by atoms with Crippen molar-refractivity contribution in [2.24, 2.45) is 5.92 Å². The average molecular weight is 401 g/mol. The second-order valence-electron chi connectivity index (χ2n) is 7.61. The summed E-state index contributed by atoms with van der Waals surface area (Å²) in [5, 5.41) is 3.04. The molecule has 1 aromatic carbocycles. The molecule has 1 aliphatic heterocycles. The molecule has 1 aromatic heterocycles. The quantitative estimate of drug-likeness (QED) is 0.810. The number of para-hydroxylation sites is 2. The van der Waals surface area contributed by atoms with Gasteiger partial charge in [-0.2, -0.15) is 0 Å². The molecule has 0 spiro atoms. The van der Waals surface area contributed by atoms with Crippen LogP contribution in [0.15, 0.2) is 24.3 Å². The van der Waals surface area contributed by atoms with Crippen molar-refractivity contribution in [3.8, 4) is 0 Å². The molecule has 7 heteroatoms. The summed E-state index contributed by atoms with van der Waals surface area (Å²) in [6.07, 6.45) is 4.90. The molecule has 1 saturated carbocycles. The van der Waals surface area contributed by atoms with Gasteiger partial charge in [-0.25, -0.2) is 4.98 Å². The third-order valence-electron chi connectivity index (χ3n) is 5.87. The Labute approximate surface area is 170 Å². The Kier molecular flexibility index (Phi) is 5.90. The summed E-state index contributed by atoms with van der Waals surface area (Å²) in [6.45, 7) is 3.50. The molecule has 2 aromatic rings. The summed E-state index contributed by atoms with van der Waals surface area (Å²) < 4.78 is 2.20. The molecule has 2 fully saturated rings. The van der Waals surface area contributed by atoms with Gasteiger partial charge in [0.15, 0.2) is 0 Å². The number of carbonyl (C=O) groups is 2. The van der Waals surface area contributed by atoms with Gasteiger partial charge in [0.2, 0.25) is 11.8 Å². The zero-order valence-electron chi connectivity index (χ0n) is 16.4. The lowest BCUT2D eigenvalue weighted by molar-refractivity contribution is -0.141. The van der Waals surface area contributed by atoms with Gasteiger partial charge in [-0.1, -0.05) is 25.0 Å². The SMILES string of the molecule is CCn1c(CCNC(=O)C2CSCN2C(=O)C2CCCC2)nc2ccccc21. The zero-order valence-corrected chi connectivity index (χ0v) is 17.2. The second-order valence-corrected chi connectivity index (χ2v) is 8.61. The first-order valence-electron chi connectivity index (χ1n) is 10.3. The van der Waals surface area contributed by atoms with E-state index in [1.807, 2.05) is 18.2 Å². The number of carbonyl (C=O) groups excluding carboxylic acids is 2. The van der Waals surface area contributed by atoms with E-state index in [4.69, 9.17) is 4.98 Å². The van der Waals surface area contributed by atoms with Crippen molar-refractivity contribution in [3.63, 3.8) is 0 Å². The molecular formula is C21H28N4O2S. The molecule has 0 radical (unpaired) electrons. The summed E-state index contributed by atoms with van der Waals surface area (Å²) in [7, 11) is 0. The number of benzene rings is 1. The number of aromatic nitrogens is 2. The van der Waals surface area contributed by atoms with E-state index in [9.17, 15) is 9.59 Å². The highest BCUT2D eigenvalue weighted by Crippen LogP contribution is 2.30. The Morgan fingerprint density at radius 3 is 2.82 bits per heavy atom. The maximum atomic E-state index is 12.8. The Hall–Kier alpha value is -2.02. The monoisotopic (exact) mass is 400 g/mol. The van der Waals surface area contributed by atoms with Crippen LogP contribution in [0.25, 0.3) is 11.0 Å². The van der Waals surface area contributed by atoms with Crippen LogP contribution in [0.5, 0.6) is 0 Å². The highest BCUT2D eigenvalue weighted by Gasteiger charge is 2.38. The van der Waals surface area contributed by atoms with Gasteiger partial charge in [-0.05, 0) is 31.9 Å². The lowest BCUT2D eigenvalue weighted by Crippen LogP contribution is -2.49. The first-order valence-corrected chi connectivity index (χ1v) is 11.4. The Morgan fingerprint density at radius 1 is 1.25 bits per heavy atom. The van der Waals surface area contributed by atoms with E-state index in [2.05, 4.69) is 22.9 Å². The molecule has 1 N–H and O–H groups in total. The van der Waals surface area contributed by atoms with Gasteiger partial charge >= 0.3 is 0 Å². The number of imidazole rings is 1. The molecule has 0 bridgehead atoms. The summed E-state index contributed by atoms with van der Waals surface area (Å²) in [5.74, 6) is 2.59. The third kappa shape index (κ3) is 3.77. The minimum Gasteiger partial charge on any atom is -0.354 e. The summed E-state index contributed by atoms with van der Waals surface area (Å²) in [5.41, 5.74) is 2.12. The number of amides is 2. The maximum Gasteiger partial charge on any atom is 0.243 e. The standard InChI is InChI=1S/C21H28N4O2S/c1-2-24-17-10-6-5-9-16(17)23-19(24)11-12-22-20(26)18-13-28-14-25(18)21(27)15-7-3-4-8-15/h5-6,9-10,15,18H,2-4,7-8,11-14H2,1H3,(H,22,26). The predicted octanol–water partition coefficient (Wildman–Crippen LogP) is 2.81. The van der Waals surface area contributed by atoms with E-state index in [1.54, 1.807) is 16.7 Å². The summed E-state index contributed by atoms with van der Waals surface area (Å²) in [4.78, 5) is 32.0. The van der Waals surface area contributed by atoms with Crippen LogP contribution in [-0.4, -0.2) is 50.5 Å². The number of hydrogen-bond donors (Lipinski definition) is 1. The van der Waals surface area contributed by atoms with E-state index in [1.165, 1.54) is 0 Å². The number of fused-ring (bicyclic) bond motifs is 1. The Bertz CT molecular complexity index is 859. The van der Waals surface area contributed by atoms with Crippen molar-refractivity contribution >= 4 is 34.6 Å². The molecule has 6 nitrogen and oxygen atoms in total. The number of hydrogen-bond acceptors (Lipinski definition) is 4. The molecule has 2 heterocycles. The molecule has 1 atom stereocenters. The third-order valence-corrected chi connectivity index (χ3v) is 6.88. The molecule has 1 saturated heterocycles. The van der Waals surface area contributed by atoms with Gasteiger partial charge in [-0.3, -0.25) is 9.59 Å². The minimum atomic E-state index is -0.330. The second kappa shape index (κ2) is 8.55. The van der Waals surface area contributed by atoms with Crippen molar-refractivity contribution in [2.45, 2.75) is 51.6 Å². The summed E-state index contributed by atoms with van der Waals surface area (Å²) >= 11 is 1.67. The number of nitrogens with zero attached hydrogens (tertiary/aromatic N) is 3. The largest absolute Gasteiger partial charge is 0.354 e.